The fraction of sp³-hybridized carbons (Fsp3) is 0.667. The number of nitrogens with one attached hydrogen (secondary N) is 1. The summed E-state index contributed by atoms with van der Waals surface area (Å²) in [4.78, 5) is 24.0. The van der Waals surface area contributed by atoms with E-state index in [9.17, 15) is 27.9 Å². The first-order valence-electron chi connectivity index (χ1n) is 5.48. The molecular weight excluding hydrogens is 287 g/mol. The third kappa shape index (κ3) is 2.59. The van der Waals surface area contributed by atoms with Gasteiger partial charge in [0.25, 0.3) is 5.56 Å². The minimum Gasteiger partial charge on any atom is -0.394 e. The molecule has 0 spiro atoms. The number of rotatable bonds is 2. The summed E-state index contributed by atoms with van der Waals surface area (Å²) in [6.45, 7) is -0.568. The van der Waals surface area contributed by atoms with Crippen LogP contribution in [-0.4, -0.2) is 43.8 Å². The Balaban J connectivity index is 2.43. The first-order valence-corrected chi connectivity index (χ1v) is 5.48. The summed E-state index contributed by atoms with van der Waals surface area (Å²) in [5, 5.41) is 21.3. The largest absolute Gasteiger partial charge is 0.440 e. The number of hydrogen-bond donors (Lipinski definition) is 3. The molecule has 1 aromatic heterocycles. The molecule has 1 saturated heterocycles. The summed E-state index contributed by atoms with van der Waals surface area (Å²) >= 11 is 0. The summed E-state index contributed by atoms with van der Waals surface area (Å²) in [6.07, 6.45) is -8.75. The van der Waals surface area contributed by atoms with Crippen LogP contribution < -0.4 is 11.2 Å². The van der Waals surface area contributed by atoms with Crippen LogP contribution in [0, 0.1) is 0 Å². The third-order valence-corrected chi connectivity index (χ3v) is 2.78. The molecule has 0 radical (unpaired) electrons. The van der Waals surface area contributed by atoms with Crippen molar-refractivity contribution in [2.45, 2.75) is 31.0 Å². The lowest BCUT2D eigenvalue weighted by atomic mass is 10.2. The molecule has 0 aromatic carbocycles. The molecular formula is C9H10F3N3O5. The van der Waals surface area contributed by atoms with Crippen molar-refractivity contribution in [1.29, 1.82) is 0 Å². The number of aliphatic hydroxyl groups excluding tert-OH is 2. The second-order valence-corrected chi connectivity index (χ2v) is 4.17. The number of alkyl halides is 3. The van der Waals surface area contributed by atoms with E-state index in [0.29, 0.717) is 4.68 Å². The van der Waals surface area contributed by atoms with Crippen LogP contribution in [0.5, 0.6) is 0 Å². The van der Waals surface area contributed by atoms with Crippen LogP contribution in [0.15, 0.2) is 9.59 Å². The first-order chi connectivity index (χ1) is 9.24. The molecule has 0 bridgehead atoms. The summed E-state index contributed by atoms with van der Waals surface area (Å²) < 4.78 is 42.9. The zero-order chi connectivity index (χ0) is 15.1. The number of hydrogen-bond acceptors (Lipinski definition) is 6. The molecule has 1 aromatic rings. The lowest BCUT2D eigenvalue weighted by Crippen LogP contribution is -2.39. The molecule has 0 saturated carbocycles. The predicted octanol–water partition coefficient (Wildman–Crippen LogP) is -1.41. The number of aromatic amines is 1. The van der Waals surface area contributed by atoms with E-state index in [-0.39, 0.29) is 6.42 Å². The molecule has 3 atom stereocenters. The molecule has 1 fully saturated rings. The summed E-state index contributed by atoms with van der Waals surface area (Å²) in [5.74, 6) is 0. The maximum Gasteiger partial charge on any atom is 0.440 e. The third-order valence-electron chi connectivity index (χ3n) is 2.78. The lowest BCUT2D eigenvalue weighted by molar-refractivity contribution is -0.144. The summed E-state index contributed by atoms with van der Waals surface area (Å²) in [7, 11) is 0. The van der Waals surface area contributed by atoms with E-state index in [0.717, 1.165) is 0 Å². The van der Waals surface area contributed by atoms with Gasteiger partial charge in [0, 0.05) is 6.42 Å². The van der Waals surface area contributed by atoms with E-state index < -0.39 is 48.2 Å². The number of nitrogens with zero attached hydrogens (tertiary/aromatic N) is 2. The van der Waals surface area contributed by atoms with Gasteiger partial charge in [-0.1, -0.05) is 0 Å². The monoisotopic (exact) mass is 297 g/mol. The molecule has 2 rings (SSSR count). The molecule has 0 aliphatic carbocycles. The summed E-state index contributed by atoms with van der Waals surface area (Å²) in [5.41, 5.74) is -4.64. The lowest BCUT2D eigenvalue weighted by Gasteiger charge is -2.14. The van der Waals surface area contributed by atoms with E-state index in [1.807, 2.05) is 0 Å². The average molecular weight is 297 g/mol. The van der Waals surface area contributed by atoms with Crippen molar-refractivity contribution in [3.8, 4) is 0 Å². The number of H-pyrrole nitrogens is 1. The standard InChI is InChI=1S/C9H10F3N3O5/c10-9(11,12)6-7(18)13-8(19)15(14-6)5-1-3(17)4(2-16)20-5/h3-5,16-17H,1-2H2,(H,13,18,19)/t3-,4+,5+/m0/s1. The quantitative estimate of drug-likeness (QED) is 0.617. The molecule has 3 N–H and O–H groups in total. The number of halogens is 3. The van der Waals surface area contributed by atoms with Gasteiger partial charge in [-0.25, -0.2) is 4.79 Å². The van der Waals surface area contributed by atoms with Crippen LogP contribution in [0.25, 0.3) is 0 Å². The molecule has 0 unspecified atom stereocenters. The van der Waals surface area contributed by atoms with E-state index in [1.54, 1.807) is 0 Å². The van der Waals surface area contributed by atoms with Gasteiger partial charge >= 0.3 is 11.9 Å². The molecule has 11 heteroatoms. The second-order valence-electron chi connectivity index (χ2n) is 4.17. The Hall–Kier alpha value is -1.72. The molecule has 1 aliphatic heterocycles. The van der Waals surface area contributed by atoms with Gasteiger partial charge in [0.05, 0.1) is 12.7 Å². The molecule has 20 heavy (non-hydrogen) atoms. The predicted molar refractivity (Wildman–Crippen MR) is 55.7 cm³/mol. The van der Waals surface area contributed by atoms with Crippen molar-refractivity contribution in [3.63, 3.8) is 0 Å². The second kappa shape index (κ2) is 5.00. The van der Waals surface area contributed by atoms with Crippen molar-refractivity contribution in [1.82, 2.24) is 14.8 Å². The van der Waals surface area contributed by atoms with Crippen molar-refractivity contribution in [2.24, 2.45) is 0 Å². The van der Waals surface area contributed by atoms with Gasteiger partial charge in [0.15, 0.2) is 6.23 Å². The molecule has 2 heterocycles. The highest BCUT2D eigenvalue weighted by atomic mass is 19.4. The SMILES string of the molecule is O=c1[nH]c(=O)n([C@H]2C[C@H](O)[C@@H](CO)O2)nc1C(F)(F)F. The van der Waals surface area contributed by atoms with Crippen LogP contribution in [-0.2, 0) is 10.9 Å². The fourth-order valence-corrected chi connectivity index (χ4v) is 1.82. The first kappa shape index (κ1) is 14.7. The Morgan fingerprint density at radius 1 is 1.45 bits per heavy atom. The normalized spacial score (nSPS) is 26.9. The van der Waals surface area contributed by atoms with E-state index in [1.165, 1.54) is 4.98 Å². The van der Waals surface area contributed by atoms with Crippen molar-refractivity contribution in [2.75, 3.05) is 6.61 Å². The van der Waals surface area contributed by atoms with Gasteiger partial charge in [-0.3, -0.25) is 9.78 Å². The van der Waals surface area contributed by atoms with Crippen molar-refractivity contribution in [3.05, 3.63) is 26.5 Å². The highest BCUT2D eigenvalue weighted by Crippen LogP contribution is 2.28. The van der Waals surface area contributed by atoms with Crippen LogP contribution in [0.4, 0.5) is 13.2 Å². The molecule has 0 amide bonds. The van der Waals surface area contributed by atoms with Crippen LogP contribution in [0.2, 0.25) is 0 Å². The summed E-state index contributed by atoms with van der Waals surface area (Å²) in [6, 6.07) is 0. The van der Waals surface area contributed by atoms with Crippen LogP contribution in [0.1, 0.15) is 18.3 Å². The van der Waals surface area contributed by atoms with Gasteiger partial charge in [0.1, 0.15) is 6.10 Å². The Morgan fingerprint density at radius 3 is 2.60 bits per heavy atom. The zero-order valence-corrected chi connectivity index (χ0v) is 9.79. The van der Waals surface area contributed by atoms with Crippen molar-refractivity contribution < 1.29 is 28.1 Å². The van der Waals surface area contributed by atoms with E-state index in [2.05, 4.69) is 5.10 Å². The number of aromatic nitrogens is 3. The highest BCUT2D eigenvalue weighted by Gasteiger charge is 2.40. The van der Waals surface area contributed by atoms with Gasteiger partial charge in [-0.15, -0.1) is 0 Å². The highest BCUT2D eigenvalue weighted by molar-refractivity contribution is 4.98. The van der Waals surface area contributed by atoms with Gasteiger partial charge < -0.3 is 14.9 Å². The van der Waals surface area contributed by atoms with Crippen molar-refractivity contribution >= 4 is 0 Å². The topological polar surface area (TPSA) is 117 Å². The maximum atomic E-state index is 12.5. The van der Waals surface area contributed by atoms with E-state index >= 15 is 0 Å². The molecule has 112 valence electrons. The van der Waals surface area contributed by atoms with Crippen LogP contribution in [0.3, 0.4) is 0 Å². The minimum atomic E-state index is -5.03. The van der Waals surface area contributed by atoms with Gasteiger partial charge in [-0.2, -0.15) is 23.0 Å². The number of ether oxygens (including phenoxy) is 1. The molecule has 8 nitrogen and oxygen atoms in total. The zero-order valence-electron chi connectivity index (χ0n) is 9.79. The van der Waals surface area contributed by atoms with E-state index in [4.69, 9.17) is 9.84 Å². The average Bonchev–Trinajstić information content (AvgIpc) is 2.68. The Kier molecular flexibility index (Phi) is 3.67. The Morgan fingerprint density at radius 2 is 2.10 bits per heavy atom. The minimum absolute atomic E-state index is 0.235. The number of aliphatic hydroxyl groups is 2. The Labute approximate surface area is 108 Å². The Bertz CT molecular complexity index is 610. The maximum absolute atomic E-state index is 12.5. The smallest absolute Gasteiger partial charge is 0.394 e. The van der Waals surface area contributed by atoms with Gasteiger partial charge in [-0.05, 0) is 0 Å². The van der Waals surface area contributed by atoms with Gasteiger partial charge in [0.2, 0.25) is 5.69 Å². The fourth-order valence-electron chi connectivity index (χ4n) is 1.82. The molecule has 1 aliphatic rings. The van der Waals surface area contributed by atoms with Crippen LogP contribution >= 0.6 is 0 Å².